The number of anilines is 1. The lowest BCUT2D eigenvalue weighted by Crippen LogP contribution is -2.12. The minimum absolute atomic E-state index is 0.158. The summed E-state index contributed by atoms with van der Waals surface area (Å²) in [5.41, 5.74) is 4.14. The first kappa shape index (κ1) is 10.8. The van der Waals surface area contributed by atoms with E-state index >= 15 is 0 Å². The Morgan fingerprint density at radius 2 is 2.38 bits per heavy atom. The number of carbonyl (C=O) groups excluding carboxylic acids is 1. The molecular weight excluding hydrogens is 220 g/mol. The lowest BCUT2D eigenvalue weighted by atomic mass is 10.1. The van der Waals surface area contributed by atoms with Gasteiger partial charge in [0.15, 0.2) is 0 Å². The maximum Gasteiger partial charge on any atom is 0.275 e. The zero-order chi connectivity index (χ0) is 11.4. The maximum absolute atomic E-state index is 11.7. The van der Waals surface area contributed by atoms with E-state index < -0.39 is 0 Å². The van der Waals surface area contributed by atoms with E-state index in [4.69, 9.17) is 0 Å². The van der Waals surface area contributed by atoms with Crippen molar-refractivity contribution in [2.75, 3.05) is 5.32 Å². The van der Waals surface area contributed by atoms with Crippen LogP contribution < -0.4 is 5.32 Å². The largest absolute Gasteiger partial charge is 0.321 e. The van der Waals surface area contributed by atoms with Gasteiger partial charge >= 0.3 is 0 Å². The molecule has 1 aromatic heterocycles. The van der Waals surface area contributed by atoms with E-state index in [1.165, 1.54) is 16.9 Å². The predicted octanol–water partition coefficient (Wildman–Crippen LogP) is 2.96. The summed E-state index contributed by atoms with van der Waals surface area (Å²) in [4.78, 5) is 15.7. The van der Waals surface area contributed by atoms with Crippen LogP contribution in [0.5, 0.6) is 0 Å². The molecule has 1 N–H and O–H groups in total. The van der Waals surface area contributed by atoms with E-state index in [1.54, 1.807) is 10.9 Å². The van der Waals surface area contributed by atoms with Crippen molar-refractivity contribution < 1.29 is 4.79 Å². The number of thiazole rings is 1. The summed E-state index contributed by atoms with van der Waals surface area (Å²) in [5.74, 6) is -0.158. The van der Waals surface area contributed by atoms with Crippen molar-refractivity contribution in [3.8, 4) is 0 Å². The molecule has 0 radical (unpaired) electrons. The van der Waals surface area contributed by atoms with Crippen LogP contribution in [0.4, 0.5) is 5.69 Å². The van der Waals surface area contributed by atoms with Gasteiger partial charge in [-0.3, -0.25) is 4.79 Å². The van der Waals surface area contributed by atoms with Crippen molar-refractivity contribution in [1.29, 1.82) is 0 Å². The Hall–Kier alpha value is -1.68. The molecule has 0 atom stereocenters. The molecular formula is C12H12N2OS. The molecule has 0 aliphatic heterocycles. The first-order chi connectivity index (χ1) is 7.79. The number of nitrogens with zero attached hydrogens (tertiary/aromatic N) is 1. The number of rotatable bonds is 3. The van der Waals surface area contributed by atoms with Crippen LogP contribution in [0.25, 0.3) is 0 Å². The molecule has 0 bridgehead atoms. The molecule has 82 valence electrons. The molecule has 0 aliphatic rings. The monoisotopic (exact) mass is 232 g/mol. The van der Waals surface area contributed by atoms with Crippen LogP contribution in [0, 0.1) is 0 Å². The molecule has 0 saturated heterocycles. The summed E-state index contributed by atoms with van der Waals surface area (Å²) in [6, 6.07) is 7.84. The second-order valence-electron chi connectivity index (χ2n) is 3.38. The topological polar surface area (TPSA) is 42.0 Å². The third-order valence-corrected chi connectivity index (χ3v) is 2.84. The summed E-state index contributed by atoms with van der Waals surface area (Å²) < 4.78 is 0. The molecule has 0 saturated carbocycles. The van der Waals surface area contributed by atoms with Crippen molar-refractivity contribution in [3.05, 3.63) is 46.4 Å². The highest BCUT2D eigenvalue weighted by atomic mass is 32.1. The molecule has 1 amide bonds. The Morgan fingerprint density at radius 3 is 3.06 bits per heavy atom. The summed E-state index contributed by atoms with van der Waals surface area (Å²) >= 11 is 1.41. The van der Waals surface area contributed by atoms with Crippen LogP contribution in [-0.2, 0) is 6.42 Å². The van der Waals surface area contributed by atoms with E-state index in [-0.39, 0.29) is 5.91 Å². The average molecular weight is 232 g/mol. The maximum atomic E-state index is 11.7. The van der Waals surface area contributed by atoms with Crippen molar-refractivity contribution in [2.45, 2.75) is 13.3 Å². The van der Waals surface area contributed by atoms with Gasteiger partial charge in [0, 0.05) is 11.1 Å². The molecule has 1 heterocycles. The number of aryl methyl sites for hydroxylation is 1. The highest BCUT2D eigenvalue weighted by molar-refractivity contribution is 7.07. The smallest absolute Gasteiger partial charge is 0.275 e. The molecule has 2 rings (SSSR count). The molecule has 0 aliphatic carbocycles. The Balaban J connectivity index is 2.12. The summed E-state index contributed by atoms with van der Waals surface area (Å²) in [6.45, 7) is 2.08. The van der Waals surface area contributed by atoms with Gasteiger partial charge in [-0.2, -0.15) is 0 Å². The number of hydrogen-bond donors (Lipinski definition) is 1. The van der Waals surface area contributed by atoms with Gasteiger partial charge in [0.25, 0.3) is 5.91 Å². The van der Waals surface area contributed by atoms with Gasteiger partial charge in [-0.05, 0) is 24.1 Å². The Kier molecular flexibility index (Phi) is 3.31. The number of amides is 1. The molecule has 4 heteroatoms. The predicted molar refractivity (Wildman–Crippen MR) is 65.9 cm³/mol. The highest BCUT2D eigenvalue weighted by Gasteiger charge is 2.07. The second kappa shape index (κ2) is 4.90. The second-order valence-corrected chi connectivity index (χ2v) is 4.10. The van der Waals surface area contributed by atoms with E-state index in [9.17, 15) is 4.79 Å². The van der Waals surface area contributed by atoms with Gasteiger partial charge < -0.3 is 5.32 Å². The summed E-state index contributed by atoms with van der Waals surface area (Å²) in [7, 11) is 0. The standard InChI is InChI=1S/C12H12N2OS/c1-2-9-4-3-5-10(6-9)14-12(15)11-7-16-8-13-11/h3-8H,2H2,1H3,(H,14,15). The normalized spacial score (nSPS) is 10.1. The number of carbonyl (C=O) groups is 1. The third kappa shape index (κ3) is 2.46. The zero-order valence-corrected chi connectivity index (χ0v) is 9.75. The first-order valence-corrected chi connectivity index (χ1v) is 6.02. The quantitative estimate of drug-likeness (QED) is 0.884. The fraction of sp³-hybridized carbons (Fsp3) is 0.167. The van der Waals surface area contributed by atoms with Crippen LogP contribution in [0.3, 0.4) is 0 Å². The Morgan fingerprint density at radius 1 is 1.50 bits per heavy atom. The van der Waals surface area contributed by atoms with Crippen LogP contribution >= 0.6 is 11.3 Å². The molecule has 2 aromatic rings. The average Bonchev–Trinajstić information content (AvgIpc) is 2.83. The molecule has 16 heavy (non-hydrogen) atoms. The molecule has 0 fully saturated rings. The lowest BCUT2D eigenvalue weighted by Gasteiger charge is -2.04. The van der Waals surface area contributed by atoms with Crippen LogP contribution in [-0.4, -0.2) is 10.9 Å². The van der Waals surface area contributed by atoms with Gasteiger partial charge in [-0.15, -0.1) is 11.3 Å². The third-order valence-electron chi connectivity index (χ3n) is 2.26. The van der Waals surface area contributed by atoms with Crippen molar-refractivity contribution in [2.24, 2.45) is 0 Å². The number of benzene rings is 1. The van der Waals surface area contributed by atoms with Crippen molar-refractivity contribution in [3.63, 3.8) is 0 Å². The van der Waals surface area contributed by atoms with E-state index in [0.29, 0.717) is 5.69 Å². The fourth-order valence-corrected chi connectivity index (χ4v) is 1.92. The van der Waals surface area contributed by atoms with E-state index in [0.717, 1.165) is 12.1 Å². The van der Waals surface area contributed by atoms with Crippen molar-refractivity contribution in [1.82, 2.24) is 4.98 Å². The van der Waals surface area contributed by atoms with E-state index in [2.05, 4.69) is 17.2 Å². The summed E-state index contributed by atoms with van der Waals surface area (Å²) in [6.07, 6.45) is 0.959. The van der Waals surface area contributed by atoms with Gasteiger partial charge in [-0.1, -0.05) is 19.1 Å². The first-order valence-electron chi connectivity index (χ1n) is 5.08. The van der Waals surface area contributed by atoms with E-state index in [1.807, 2.05) is 24.3 Å². The van der Waals surface area contributed by atoms with Crippen LogP contribution in [0.15, 0.2) is 35.2 Å². The van der Waals surface area contributed by atoms with Gasteiger partial charge in [0.05, 0.1) is 5.51 Å². The summed E-state index contributed by atoms with van der Waals surface area (Å²) in [5, 5.41) is 4.56. The number of aromatic nitrogens is 1. The minimum atomic E-state index is -0.158. The van der Waals surface area contributed by atoms with Gasteiger partial charge in [-0.25, -0.2) is 4.98 Å². The molecule has 0 spiro atoms. The molecule has 3 nitrogen and oxygen atoms in total. The van der Waals surface area contributed by atoms with Gasteiger partial charge in [0.1, 0.15) is 5.69 Å². The number of nitrogens with one attached hydrogen (secondary N) is 1. The highest BCUT2D eigenvalue weighted by Crippen LogP contribution is 2.12. The van der Waals surface area contributed by atoms with Crippen molar-refractivity contribution >= 4 is 22.9 Å². The Labute approximate surface area is 98.2 Å². The minimum Gasteiger partial charge on any atom is -0.321 e. The van der Waals surface area contributed by atoms with Crippen LogP contribution in [0.2, 0.25) is 0 Å². The van der Waals surface area contributed by atoms with Gasteiger partial charge in [0.2, 0.25) is 0 Å². The SMILES string of the molecule is CCc1cccc(NC(=O)c2cscn2)c1. The Bertz CT molecular complexity index is 480. The zero-order valence-electron chi connectivity index (χ0n) is 8.93. The molecule has 0 unspecified atom stereocenters. The molecule has 1 aromatic carbocycles. The fourth-order valence-electron chi connectivity index (χ4n) is 1.39. The van der Waals surface area contributed by atoms with Crippen LogP contribution in [0.1, 0.15) is 23.0 Å². The number of hydrogen-bond acceptors (Lipinski definition) is 3. The lowest BCUT2D eigenvalue weighted by molar-refractivity contribution is 0.102.